The number of aromatic nitrogens is 2. The number of oxime groups is 1. The minimum absolute atomic E-state index is 0.166. The fourth-order valence-electron chi connectivity index (χ4n) is 1.42. The highest BCUT2D eigenvalue weighted by molar-refractivity contribution is 9.10. The molecule has 11 heteroatoms. The van der Waals surface area contributed by atoms with Crippen LogP contribution >= 0.6 is 15.9 Å². The molecule has 0 fully saturated rings. The van der Waals surface area contributed by atoms with E-state index in [1.807, 2.05) is 0 Å². The number of hydrogen-bond donors (Lipinski definition) is 3. The van der Waals surface area contributed by atoms with Crippen LogP contribution in [0.5, 0.6) is 0 Å². The van der Waals surface area contributed by atoms with Gasteiger partial charge in [0.1, 0.15) is 5.82 Å². The van der Waals surface area contributed by atoms with Crippen LogP contribution in [0.2, 0.25) is 0 Å². The van der Waals surface area contributed by atoms with E-state index in [0.717, 1.165) is 6.26 Å². The summed E-state index contributed by atoms with van der Waals surface area (Å²) in [7, 11) is -3.22. The summed E-state index contributed by atoms with van der Waals surface area (Å²) in [5.74, 6) is -0.693. The topological polar surface area (TPSA) is 124 Å². The van der Waals surface area contributed by atoms with Crippen LogP contribution in [-0.2, 0) is 9.73 Å². The monoisotopic (exact) mass is 377 g/mol. The molecule has 0 saturated heterocycles. The van der Waals surface area contributed by atoms with Crippen molar-refractivity contribution in [3.05, 3.63) is 34.2 Å². The Morgan fingerprint density at radius 1 is 1.57 bits per heavy atom. The number of nitrogens with zero attached hydrogens (tertiary/aromatic N) is 3. The van der Waals surface area contributed by atoms with Gasteiger partial charge in [-0.05, 0) is 44.4 Å². The van der Waals surface area contributed by atoms with E-state index >= 15 is 0 Å². The molecule has 0 aliphatic heterocycles. The first-order valence-corrected chi connectivity index (χ1v) is 8.09. The van der Waals surface area contributed by atoms with Crippen molar-refractivity contribution in [2.45, 2.75) is 5.03 Å². The molecule has 2 aromatic rings. The predicted molar refractivity (Wildman–Crippen MR) is 75.4 cm³/mol. The lowest BCUT2D eigenvalue weighted by molar-refractivity contribution is 0.296. The molecule has 0 saturated carbocycles. The number of hydrogen-bond acceptors (Lipinski definition) is 7. The fourth-order valence-corrected chi connectivity index (χ4v) is 2.48. The maximum absolute atomic E-state index is 13.2. The SMILES string of the molecule is CS(=N)(=O)c1nonc1/C(=N\O)Nc1ccc(F)c(Br)c1. The van der Waals surface area contributed by atoms with Crippen molar-refractivity contribution in [1.29, 1.82) is 4.78 Å². The third-order valence-electron chi connectivity index (χ3n) is 2.33. The molecule has 0 bridgehead atoms. The van der Waals surface area contributed by atoms with E-state index in [-0.39, 0.29) is 21.0 Å². The van der Waals surface area contributed by atoms with Crippen LogP contribution in [-0.4, -0.2) is 31.8 Å². The molecule has 0 spiro atoms. The van der Waals surface area contributed by atoms with Gasteiger partial charge in [-0.25, -0.2) is 18.0 Å². The highest BCUT2D eigenvalue weighted by atomic mass is 79.9. The van der Waals surface area contributed by atoms with Gasteiger partial charge in [0.25, 0.3) is 0 Å². The highest BCUT2D eigenvalue weighted by Gasteiger charge is 2.23. The molecule has 0 aliphatic rings. The van der Waals surface area contributed by atoms with Gasteiger partial charge in [0.15, 0.2) is 5.69 Å². The third kappa shape index (κ3) is 3.36. The van der Waals surface area contributed by atoms with E-state index in [4.69, 9.17) is 9.99 Å². The lowest BCUT2D eigenvalue weighted by atomic mass is 10.3. The number of nitrogens with one attached hydrogen (secondary N) is 2. The molecular weight excluding hydrogens is 369 g/mol. The summed E-state index contributed by atoms with van der Waals surface area (Å²) in [6, 6.07) is 3.98. The van der Waals surface area contributed by atoms with Gasteiger partial charge >= 0.3 is 0 Å². The zero-order valence-electron chi connectivity index (χ0n) is 10.5. The standard InChI is InChI=1S/C10H9BrFN5O3S/c1-21(13,19)10-8(16-20-17-10)9(15-18)14-5-2-3-7(12)6(11)4-5/h2-4,13,18H,1H3,(H,14,15). The van der Waals surface area contributed by atoms with E-state index < -0.39 is 15.5 Å². The molecule has 0 radical (unpaired) electrons. The van der Waals surface area contributed by atoms with Crippen LogP contribution in [0.25, 0.3) is 0 Å². The molecule has 1 aromatic heterocycles. The summed E-state index contributed by atoms with van der Waals surface area (Å²) in [4.78, 5) is 0. The Balaban J connectivity index is 2.38. The van der Waals surface area contributed by atoms with Crippen molar-refractivity contribution in [1.82, 2.24) is 10.3 Å². The quantitative estimate of drug-likeness (QED) is 0.326. The van der Waals surface area contributed by atoms with Crippen LogP contribution < -0.4 is 5.32 Å². The zero-order chi connectivity index (χ0) is 15.6. The second-order valence-corrected chi connectivity index (χ2v) is 6.89. The Hall–Kier alpha value is -2.01. The second-order valence-electron chi connectivity index (χ2n) is 3.96. The van der Waals surface area contributed by atoms with E-state index in [0.29, 0.717) is 5.69 Å². The van der Waals surface area contributed by atoms with Crippen molar-refractivity contribution in [3.8, 4) is 0 Å². The summed E-state index contributed by atoms with van der Waals surface area (Å²) in [6.45, 7) is 0. The van der Waals surface area contributed by atoms with Gasteiger partial charge in [-0.15, -0.1) is 0 Å². The lowest BCUT2D eigenvalue weighted by Gasteiger charge is -2.07. The summed E-state index contributed by atoms with van der Waals surface area (Å²) < 4.78 is 37.0. The molecule has 21 heavy (non-hydrogen) atoms. The van der Waals surface area contributed by atoms with Gasteiger partial charge in [0.2, 0.25) is 10.9 Å². The van der Waals surface area contributed by atoms with E-state index in [1.54, 1.807) is 0 Å². The Morgan fingerprint density at radius 3 is 2.86 bits per heavy atom. The largest absolute Gasteiger partial charge is 0.409 e. The maximum atomic E-state index is 13.2. The minimum atomic E-state index is -3.22. The average Bonchev–Trinajstić information content (AvgIpc) is 2.89. The smallest absolute Gasteiger partial charge is 0.210 e. The van der Waals surface area contributed by atoms with Gasteiger partial charge in [-0.3, -0.25) is 0 Å². The molecule has 0 amide bonds. The molecule has 1 atom stereocenters. The average molecular weight is 378 g/mol. The molecule has 0 aliphatic carbocycles. The summed E-state index contributed by atoms with van der Waals surface area (Å²) in [5.41, 5.74) is 0.207. The molecule has 1 heterocycles. The minimum Gasteiger partial charge on any atom is -0.409 e. The van der Waals surface area contributed by atoms with E-state index in [1.165, 1.54) is 18.2 Å². The van der Waals surface area contributed by atoms with Gasteiger partial charge < -0.3 is 10.5 Å². The molecular formula is C10H9BrFN5O3S. The Bertz CT molecular complexity index is 805. The normalized spacial score (nSPS) is 14.7. The lowest BCUT2D eigenvalue weighted by Crippen LogP contribution is -2.17. The molecule has 1 unspecified atom stereocenters. The second kappa shape index (κ2) is 5.77. The van der Waals surface area contributed by atoms with Crippen LogP contribution in [0.4, 0.5) is 10.1 Å². The van der Waals surface area contributed by atoms with Gasteiger partial charge in [-0.1, -0.05) is 5.16 Å². The van der Waals surface area contributed by atoms with E-state index in [2.05, 4.69) is 41.3 Å². The van der Waals surface area contributed by atoms with Crippen LogP contribution in [0, 0.1) is 10.6 Å². The van der Waals surface area contributed by atoms with Crippen LogP contribution in [0.15, 0.2) is 37.5 Å². The molecule has 1 aromatic carbocycles. The molecule has 8 nitrogen and oxygen atoms in total. The van der Waals surface area contributed by atoms with Gasteiger partial charge in [0, 0.05) is 11.9 Å². The van der Waals surface area contributed by atoms with Crippen molar-refractivity contribution < 1.29 is 18.4 Å². The number of benzene rings is 1. The number of rotatable bonds is 3. The first kappa shape index (κ1) is 15.4. The zero-order valence-corrected chi connectivity index (χ0v) is 12.9. The van der Waals surface area contributed by atoms with Crippen LogP contribution in [0.3, 0.4) is 0 Å². The Morgan fingerprint density at radius 2 is 2.29 bits per heavy atom. The summed E-state index contributed by atoms with van der Waals surface area (Å²) in [6.07, 6.45) is 1.12. The van der Waals surface area contributed by atoms with Crippen LogP contribution in [0.1, 0.15) is 5.69 Å². The summed E-state index contributed by atoms with van der Waals surface area (Å²) >= 11 is 3.01. The Kier molecular flexibility index (Phi) is 4.23. The van der Waals surface area contributed by atoms with Crippen molar-refractivity contribution in [2.75, 3.05) is 11.6 Å². The van der Waals surface area contributed by atoms with Crippen molar-refractivity contribution >= 4 is 37.2 Å². The van der Waals surface area contributed by atoms with E-state index in [9.17, 15) is 8.60 Å². The van der Waals surface area contributed by atoms with Gasteiger partial charge in [-0.2, -0.15) is 0 Å². The van der Waals surface area contributed by atoms with Crippen molar-refractivity contribution in [2.24, 2.45) is 5.16 Å². The van der Waals surface area contributed by atoms with Crippen molar-refractivity contribution in [3.63, 3.8) is 0 Å². The predicted octanol–water partition coefficient (Wildman–Crippen LogP) is 2.25. The molecule has 2 rings (SSSR count). The molecule has 3 N–H and O–H groups in total. The maximum Gasteiger partial charge on any atom is 0.210 e. The number of halogens is 2. The highest BCUT2D eigenvalue weighted by Crippen LogP contribution is 2.21. The first-order valence-electron chi connectivity index (χ1n) is 5.34. The summed E-state index contributed by atoms with van der Waals surface area (Å²) in [5, 5.41) is 21.3. The third-order valence-corrected chi connectivity index (χ3v) is 3.95. The molecule has 112 valence electrons. The first-order chi connectivity index (χ1) is 9.82. The number of amidine groups is 1. The van der Waals surface area contributed by atoms with Gasteiger partial charge in [0.05, 0.1) is 14.2 Å². The fraction of sp³-hybridized carbons (Fsp3) is 0.100. The number of anilines is 1. The Labute approximate surface area is 127 Å².